The number of nitrogen functional groups attached to an aromatic ring is 1. The first-order valence-electron chi connectivity index (χ1n) is 5.50. The molecule has 0 saturated carbocycles. The highest BCUT2D eigenvalue weighted by atomic mass is 16.5. The Bertz CT molecular complexity index is 470. The summed E-state index contributed by atoms with van der Waals surface area (Å²) in [7, 11) is 1.62. The summed E-state index contributed by atoms with van der Waals surface area (Å²) in [6, 6.07) is 11.1. The van der Waals surface area contributed by atoms with Crippen molar-refractivity contribution in [3.63, 3.8) is 0 Å². The number of anilines is 1. The van der Waals surface area contributed by atoms with E-state index in [1.54, 1.807) is 19.4 Å². The zero-order valence-corrected chi connectivity index (χ0v) is 10.1. The molecule has 94 valence electrons. The Balaban J connectivity index is 2.01. The predicted octanol–water partition coefficient (Wildman–Crippen LogP) is 1.95. The standard InChI is InChI=1S/C13H15N3O2/c1-17-12-3-2-4-13(8-12)18-9-11-7-10(16-14)5-6-15-11/h2-8H,9,14H2,1H3,(H,15,16). The van der Waals surface area contributed by atoms with Crippen LogP contribution in [0.2, 0.25) is 0 Å². The van der Waals surface area contributed by atoms with Crippen LogP contribution < -0.4 is 20.7 Å². The molecule has 18 heavy (non-hydrogen) atoms. The van der Waals surface area contributed by atoms with Gasteiger partial charge >= 0.3 is 0 Å². The van der Waals surface area contributed by atoms with Gasteiger partial charge in [-0.1, -0.05) is 6.07 Å². The van der Waals surface area contributed by atoms with Crippen LogP contribution in [0.5, 0.6) is 11.5 Å². The molecule has 5 heteroatoms. The minimum absolute atomic E-state index is 0.378. The molecule has 2 aromatic rings. The minimum Gasteiger partial charge on any atom is -0.497 e. The lowest BCUT2D eigenvalue weighted by Gasteiger charge is -2.08. The number of hydrogen-bond donors (Lipinski definition) is 2. The molecule has 3 N–H and O–H groups in total. The van der Waals surface area contributed by atoms with E-state index in [4.69, 9.17) is 15.3 Å². The maximum absolute atomic E-state index is 5.62. The summed E-state index contributed by atoms with van der Waals surface area (Å²) in [5.41, 5.74) is 4.17. The topological polar surface area (TPSA) is 69.4 Å². The average molecular weight is 245 g/mol. The third-order valence-corrected chi connectivity index (χ3v) is 2.41. The molecule has 5 nitrogen and oxygen atoms in total. The third-order valence-electron chi connectivity index (χ3n) is 2.41. The molecule has 0 atom stereocenters. The molecule has 0 bridgehead atoms. The van der Waals surface area contributed by atoms with Crippen LogP contribution in [0.25, 0.3) is 0 Å². The maximum Gasteiger partial charge on any atom is 0.130 e. The monoisotopic (exact) mass is 245 g/mol. The van der Waals surface area contributed by atoms with Crippen molar-refractivity contribution in [3.8, 4) is 11.5 Å². The van der Waals surface area contributed by atoms with Gasteiger partial charge < -0.3 is 14.9 Å². The zero-order valence-electron chi connectivity index (χ0n) is 10.1. The molecule has 2 rings (SSSR count). The minimum atomic E-state index is 0.378. The lowest BCUT2D eigenvalue weighted by atomic mass is 10.3. The van der Waals surface area contributed by atoms with E-state index in [1.807, 2.05) is 30.3 Å². The highest BCUT2D eigenvalue weighted by Gasteiger charge is 2.00. The number of hydrogen-bond acceptors (Lipinski definition) is 5. The molecular weight excluding hydrogens is 230 g/mol. The van der Waals surface area contributed by atoms with E-state index in [0.29, 0.717) is 6.61 Å². The van der Waals surface area contributed by atoms with Crippen LogP contribution >= 0.6 is 0 Å². The Morgan fingerprint density at radius 2 is 2.06 bits per heavy atom. The first-order chi connectivity index (χ1) is 8.81. The lowest BCUT2D eigenvalue weighted by molar-refractivity contribution is 0.299. The van der Waals surface area contributed by atoms with Gasteiger partial charge in [-0.3, -0.25) is 10.8 Å². The number of benzene rings is 1. The summed E-state index contributed by atoms with van der Waals surface area (Å²) >= 11 is 0. The number of rotatable bonds is 5. The molecule has 1 aromatic heterocycles. The summed E-state index contributed by atoms with van der Waals surface area (Å²) in [4.78, 5) is 4.19. The second-order valence-corrected chi connectivity index (χ2v) is 3.65. The fourth-order valence-corrected chi connectivity index (χ4v) is 1.50. The van der Waals surface area contributed by atoms with Gasteiger partial charge in [0.25, 0.3) is 0 Å². The van der Waals surface area contributed by atoms with E-state index in [2.05, 4.69) is 10.4 Å². The van der Waals surface area contributed by atoms with Crippen LogP contribution in [-0.4, -0.2) is 12.1 Å². The van der Waals surface area contributed by atoms with Gasteiger partial charge in [-0.25, -0.2) is 0 Å². The number of methoxy groups -OCH3 is 1. The van der Waals surface area contributed by atoms with Crippen LogP contribution in [0.3, 0.4) is 0 Å². The van der Waals surface area contributed by atoms with Gasteiger partial charge in [0, 0.05) is 12.3 Å². The third kappa shape index (κ3) is 3.11. The predicted molar refractivity (Wildman–Crippen MR) is 69.4 cm³/mol. The summed E-state index contributed by atoms with van der Waals surface area (Å²) in [5, 5.41) is 0. The Labute approximate surface area is 106 Å². The molecule has 0 amide bonds. The van der Waals surface area contributed by atoms with Crippen molar-refractivity contribution in [1.82, 2.24) is 4.98 Å². The van der Waals surface area contributed by atoms with Crippen molar-refractivity contribution in [2.45, 2.75) is 6.61 Å². The fourth-order valence-electron chi connectivity index (χ4n) is 1.50. The van der Waals surface area contributed by atoms with Gasteiger partial charge in [-0.05, 0) is 24.3 Å². The summed E-state index contributed by atoms with van der Waals surface area (Å²) in [6.45, 7) is 0.378. The van der Waals surface area contributed by atoms with E-state index in [9.17, 15) is 0 Å². The van der Waals surface area contributed by atoms with Crippen LogP contribution in [0.15, 0.2) is 42.6 Å². The van der Waals surface area contributed by atoms with Crippen LogP contribution in [0, 0.1) is 0 Å². The van der Waals surface area contributed by atoms with Crippen LogP contribution in [0.1, 0.15) is 5.69 Å². The van der Waals surface area contributed by atoms with E-state index in [1.165, 1.54) is 0 Å². The molecule has 1 heterocycles. The number of nitrogens with one attached hydrogen (secondary N) is 1. The van der Waals surface area contributed by atoms with Gasteiger partial charge in [0.2, 0.25) is 0 Å². The fraction of sp³-hybridized carbons (Fsp3) is 0.154. The Morgan fingerprint density at radius 3 is 2.83 bits per heavy atom. The first-order valence-corrected chi connectivity index (χ1v) is 5.50. The molecule has 0 aliphatic rings. The van der Waals surface area contributed by atoms with Crippen molar-refractivity contribution in [3.05, 3.63) is 48.3 Å². The first kappa shape index (κ1) is 12.2. The number of hydrazine groups is 1. The smallest absolute Gasteiger partial charge is 0.130 e. The normalized spacial score (nSPS) is 9.89. The molecule has 0 radical (unpaired) electrons. The molecule has 0 spiro atoms. The summed E-state index contributed by atoms with van der Waals surface area (Å²) in [6.07, 6.45) is 1.68. The summed E-state index contributed by atoms with van der Waals surface area (Å²) < 4.78 is 10.7. The SMILES string of the molecule is COc1cccc(OCc2cc(NN)ccn2)c1. The molecular formula is C13H15N3O2. The van der Waals surface area contributed by atoms with E-state index >= 15 is 0 Å². The highest BCUT2D eigenvalue weighted by Crippen LogP contribution is 2.19. The largest absolute Gasteiger partial charge is 0.497 e. The van der Waals surface area contributed by atoms with E-state index in [-0.39, 0.29) is 0 Å². The quantitative estimate of drug-likeness (QED) is 0.622. The van der Waals surface area contributed by atoms with Gasteiger partial charge in [0.05, 0.1) is 18.5 Å². The second kappa shape index (κ2) is 5.88. The number of nitrogens with zero attached hydrogens (tertiary/aromatic N) is 1. The van der Waals surface area contributed by atoms with Crippen molar-refractivity contribution in [1.29, 1.82) is 0 Å². The number of nitrogens with two attached hydrogens (primary N) is 1. The Kier molecular flexibility index (Phi) is 3.98. The van der Waals surface area contributed by atoms with Gasteiger partial charge in [0.15, 0.2) is 0 Å². The van der Waals surface area contributed by atoms with Crippen molar-refractivity contribution in [2.24, 2.45) is 5.84 Å². The number of ether oxygens (including phenoxy) is 2. The number of pyridine rings is 1. The Morgan fingerprint density at radius 1 is 1.22 bits per heavy atom. The van der Waals surface area contributed by atoms with Gasteiger partial charge in [0.1, 0.15) is 18.1 Å². The maximum atomic E-state index is 5.62. The Hall–Kier alpha value is -2.27. The van der Waals surface area contributed by atoms with Gasteiger partial charge in [-0.15, -0.1) is 0 Å². The second-order valence-electron chi connectivity index (χ2n) is 3.65. The molecule has 0 saturated heterocycles. The van der Waals surface area contributed by atoms with Crippen molar-refractivity contribution in [2.75, 3.05) is 12.5 Å². The van der Waals surface area contributed by atoms with Crippen molar-refractivity contribution < 1.29 is 9.47 Å². The van der Waals surface area contributed by atoms with Crippen molar-refractivity contribution >= 4 is 5.69 Å². The summed E-state index contributed by atoms with van der Waals surface area (Å²) in [5.74, 6) is 6.83. The highest BCUT2D eigenvalue weighted by molar-refractivity contribution is 5.41. The molecule has 0 fully saturated rings. The zero-order chi connectivity index (χ0) is 12.8. The lowest BCUT2D eigenvalue weighted by Crippen LogP contribution is -2.08. The molecule has 0 aliphatic heterocycles. The number of aromatic nitrogens is 1. The molecule has 1 aromatic carbocycles. The molecule has 0 unspecified atom stereocenters. The van der Waals surface area contributed by atoms with E-state index < -0.39 is 0 Å². The van der Waals surface area contributed by atoms with E-state index in [0.717, 1.165) is 22.9 Å². The van der Waals surface area contributed by atoms with Crippen LogP contribution in [-0.2, 0) is 6.61 Å². The average Bonchev–Trinajstić information content (AvgIpc) is 2.45. The van der Waals surface area contributed by atoms with Gasteiger partial charge in [-0.2, -0.15) is 0 Å². The van der Waals surface area contributed by atoms with Crippen LogP contribution in [0.4, 0.5) is 5.69 Å². The molecule has 0 aliphatic carbocycles.